The zero-order valence-corrected chi connectivity index (χ0v) is 6.71. The first-order valence-electron chi connectivity index (χ1n) is 3.41. The summed E-state index contributed by atoms with van der Waals surface area (Å²) in [5.74, 6) is 0. The van der Waals surface area contributed by atoms with Crippen molar-refractivity contribution in [3.8, 4) is 0 Å². The molecule has 0 saturated carbocycles. The lowest BCUT2D eigenvalue weighted by atomic mass is 10.0. The minimum atomic E-state index is -4.75. The molecule has 0 aliphatic rings. The lowest BCUT2D eigenvalue weighted by molar-refractivity contribution is -0.260. The van der Waals surface area contributed by atoms with E-state index in [0.29, 0.717) is 6.92 Å². The highest BCUT2D eigenvalue weighted by atomic mass is 19.4. The number of aliphatic hydroxyl groups is 1. The number of halogens is 3. The molecule has 0 aromatic carbocycles. The van der Waals surface area contributed by atoms with Crippen LogP contribution in [0.25, 0.3) is 0 Å². The number of alkyl halides is 3. The summed E-state index contributed by atoms with van der Waals surface area (Å²) in [6.07, 6.45) is -1.54. The first-order chi connectivity index (χ1) is 5.86. The highest BCUT2D eigenvalue weighted by Gasteiger charge is 2.52. The van der Waals surface area contributed by atoms with Crippen molar-refractivity contribution in [1.29, 1.82) is 0 Å². The topological polar surface area (TPSA) is 46.0 Å². The van der Waals surface area contributed by atoms with Crippen molar-refractivity contribution in [1.82, 2.24) is 9.97 Å². The van der Waals surface area contributed by atoms with Gasteiger partial charge in [0.2, 0.25) is 5.60 Å². The van der Waals surface area contributed by atoms with Crippen LogP contribution in [0.3, 0.4) is 0 Å². The maximum atomic E-state index is 12.2. The number of hydrogen-bond donors (Lipinski definition) is 1. The molecule has 6 heteroatoms. The Hall–Kier alpha value is -1.17. The fraction of sp³-hybridized carbons (Fsp3) is 0.429. The minimum Gasteiger partial charge on any atom is -0.375 e. The number of nitrogens with zero attached hydrogens (tertiary/aromatic N) is 2. The molecule has 0 radical (unpaired) electrons. The average molecular weight is 192 g/mol. The fourth-order valence-electron chi connectivity index (χ4n) is 0.696. The molecule has 1 rings (SSSR count). The van der Waals surface area contributed by atoms with Gasteiger partial charge in [0.1, 0.15) is 0 Å². The highest BCUT2D eigenvalue weighted by Crippen LogP contribution is 2.36. The second-order valence-corrected chi connectivity index (χ2v) is 2.66. The van der Waals surface area contributed by atoms with Gasteiger partial charge in [0.25, 0.3) is 0 Å². The van der Waals surface area contributed by atoms with E-state index in [9.17, 15) is 13.2 Å². The molecular weight excluding hydrogens is 185 g/mol. The third-order valence-electron chi connectivity index (χ3n) is 1.61. The molecule has 72 valence electrons. The monoisotopic (exact) mass is 192 g/mol. The molecule has 0 amide bonds. The smallest absolute Gasteiger partial charge is 0.375 e. The van der Waals surface area contributed by atoms with Crippen LogP contribution < -0.4 is 0 Å². The molecule has 1 N–H and O–H groups in total. The zero-order valence-electron chi connectivity index (χ0n) is 6.71. The summed E-state index contributed by atoms with van der Waals surface area (Å²) in [6, 6.07) is 0. The fourth-order valence-corrected chi connectivity index (χ4v) is 0.696. The Balaban J connectivity index is 3.08. The second kappa shape index (κ2) is 2.95. The molecule has 1 unspecified atom stereocenters. The quantitative estimate of drug-likeness (QED) is 0.728. The molecule has 0 fully saturated rings. The van der Waals surface area contributed by atoms with Crippen LogP contribution in [0.2, 0.25) is 0 Å². The summed E-state index contributed by atoms with van der Waals surface area (Å²) in [7, 11) is 0. The van der Waals surface area contributed by atoms with Crippen LogP contribution in [-0.2, 0) is 5.60 Å². The predicted octanol–water partition coefficient (Wildman–Crippen LogP) is 1.25. The van der Waals surface area contributed by atoms with E-state index in [1.165, 1.54) is 6.20 Å². The molecule has 0 aliphatic carbocycles. The Bertz CT molecular complexity index is 284. The lowest BCUT2D eigenvalue weighted by Gasteiger charge is -2.24. The Morgan fingerprint density at radius 2 is 1.92 bits per heavy atom. The number of hydrogen-bond acceptors (Lipinski definition) is 3. The molecule has 1 heterocycles. The Kier molecular flexibility index (Phi) is 2.25. The van der Waals surface area contributed by atoms with E-state index < -0.39 is 17.5 Å². The third-order valence-corrected chi connectivity index (χ3v) is 1.61. The first-order valence-corrected chi connectivity index (χ1v) is 3.41. The van der Waals surface area contributed by atoms with Crippen LogP contribution >= 0.6 is 0 Å². The summed E-state index contributed by atoms with van der Waals surface area (Å²) in [6.45, 7) is 0.636. The molecule has 1 aromatic heterocycles. The van der Waals surface area contributed by atoms with Crippen LogP contribution in [0.5, 0.6) is 0 Å². The molecule has 0 saturated heterocycles. The lowest BCUT2D eigenvalue weighted by Crippen LogP contribution is -2.40. The molecule has 3 nitrogen and oxygen atoms in total. The van der Waals surface area contributed by atoms with E-state index in [4.69, 9.17) is 5.11 Å². The van der Waals surface area contributed by atoms with Crippen molar-refractivity contribution in [2.75, 3.05) is 0 Å². The van der Waals surface area contributed by atoms with Crippen LogP contribution in [0, 0.1) is 0 Å². The van der Waals surface area contributed by atoms with Crippen molar-refractivity contribution >= 4 is 0 Å². The maximum absolute atomic E-state index is 12.2. The zero-order chi connectivity index (χ0) is 10.1. The summed E-state index contributed by atoms with van der Waals surface area (Å²) < 4.78 is 36.6. The molecule has 0 aliphatic heterocycles. The van der Waals surface area contributed by atoms with Gasteiger partial charge in [0.15, 0.2) is 0 Å². The maximum Gasteiger partial charge on any atom is 0.422 e. The van der Waals surface area contributed by atoms with E-state index >= 15 is 0 Å². The van der Waals surface area contributed by atoms with E-state index in [-0.39, 0.29) is 0 Å². The number of rotatable bonds is 1. The van der Waals surface area contributed by atoms with E-state index in [2.05, 4.69) is 9.97 Å². The van der Waals surface area contributed by atoms with Gasteiger partial charge >= 0.3 is 6.18 Å². The average Bonchev–Trinajstić information content (AvgIpc) is 2.04. The van der Waals surface area contributed by atoms with Crippen molar-refractivity contribution < 1.29 is 18.3 Å². The Morgan fingerprint density at radius 1 is 1.31 bits per heavy atom. The normalized spacial score (nSPS) is 16.7. The van der Waals surface area contributed by atoms with Gasteiger partial charge in [0.05, 0.1) is 11.9 Å². The molecule has 1 atom stereocenters. The molecule has 13 heavy (non-hydrogen) atoms. The number of aromatic nitrogens is 2. The second-order valence-electron chi connectivity index (χ2n) is 2.66. The molecule has 0 spiro atoms. The summed E-state index contributed by atoms with van der Waals surface area (Å²) >= 11 is 0. The Morgan fingerprint density at radius 3 is 2.31 bits per heavy atom. The van der Waals surface area contributed by atoms with Gasteiger partial charge in [-0.05, 0) is 6.92 Å². The summed E-state index contributed by atoms with van der Waals surface area (Å²) in [5, 5.41) is 9.09. The van der Waals surface area contributed by atoms with Gasteiger partial charge in [0, 0.05) is 12.4 Å². The standard InChI is InChI=1S/C7H7F3N2O/c1-6(13,7(8,9)10)5-4-11-2-3-12-5/h2-4,13H,1H3. The van der Waals surface area contributed by atoms with Crippen LogP contribution in [0.15, 0.2) is 18.6 Å². The van der Waals surface area contributed by atoms with Crippen LogP contribution in [0.4, 0.5) is 13.2 Å². The SMILES string of the molecule is CC(O)(c1cnccn1)C(F)(F)F. The highest BCUT2D eigenvalue weighted by molar-refractivity contribution is 5.09. The summed E-state index contributed by atoms with van der Waals surface area (Å²) in [4.78, 5) is 6.83. The van der Waals surface area contributed by atoms with Crippen molar-refractivity contribution in [2.45, 2.75) is 18.7 Å². The third kappa shape index (κ3) is 1.77. The minimum absolute atomic E-state index is 0.512. The van der Waals surface area contributed by atoms with E-state index in [1.807, 2.05) is 0 Å². The van der Waals surface area contributed by atoms with Gasteiger partial charge in [-0.15, -0.1) is 0 Å². The van der Waals surface area contributed by atoms with Gasteiger partial charge in [-0.1, -0.05) is 0 Å². The largest absolute Gasteiger partial charge is 0.422 e. The van der Waals surface area contributed by atoms with Gasteiger partial charge in [-0.2, -0.15) is 13.2 Å². The van der Waals surface area contributed by atoms with Gasteiger partial charge < -0.3 is 5.11 Å². The molecule has 0 bridgehead atoms. The van der Waals surface area contributed by atoms with Gasteiger partial charge in [-0.25, -0.2) is 0 Å². The first kappa shape index (κ1) is 9.91. The Labute approximate surface area is 72.3 Å². The van der Waals surface area contributed by atoms with Crippen molar-refractivity contribution in [2.24, 2.45) is 0 Å². The van der Waals surface area contributed by atoms with Crippen molar-refractivity contribution in [3.63, 3.8) is 0 Å². The van der Waals surface area contributed by atoms with Gasteiger partial charge in [-0.3, -0.25) is 9.97 Å². The van der Waals surface area contributed by atoms with Crippen LogP contribution in [0.1, 0.15) is 12.6 Å². The summed E-state index contributed by atoms with van der Waals surface area (Å²) in [5.41, 5.74) is -3.45. The van der Waals surface area contributed by atoms with E-state index in [0.717, 1.165) is 12.4 Å². The van der Waals surface area contributed by atoms with Crippen LogP contribution in [-0.4, -0.2) is 21.3 Å². The predicted molar refractivity (Wildman–Crippen MR) is 37.7 cm³/mol. The molecule has 1 aromatic rings. The van der Waals surface area contributed by atoms with Crippen molar-refractivity contribution in [3.05, 3.63) is 24.3 Å². The van der Waals surface area contributed by atoms with E-state index in [1.54, 1.807) is 0 Å². The molecular formula is C7H7F3N2O.